The van der Waals surface area contributed by atoms with Crippen LogP contribution in [0.3, 0.4) is 0 Å². The Morgan fingerprint density at radius 3 is 2.48 bits per heavy atom. The Morgan fingerprint density at radius 2 is 1.91 bits per heavy atom. The summed E-state index contributed by atoms with van der Waals surface area (Å²) in [5, 5.41) is 0. The molecule has 1 aliphatic rings. The van der Waals surface area contributed by atoms with Crippen LogP contribution in [0.15, 0.2) is 24.3 Å². The maximum atomic E-state index is 11.5. The molecule has 126 valence electrons. The fourth-order valence-corrected chi connectivity index (χ4v) is 2.77. The third kappa shape index (κ3) is 6.14. The number of carbonyl (C=O) groups is 2. The van der Waals surface area contributed by atoms with Crippen molar-refractivity contribution < 1.29 is 19.1 Å². The highest BCUT2D eigenvalue weighted by Gasteiger charge is 2.23. The van der Waals surface area contributed by atoms with Gasteiger partial charge in [0.05, 0.1) is 6.61 Å². The maximum absolute atomic E-state index is 11.5. The summed E-state index contributed by atoms with van der Waals surface area (Å²) in [6.45, 7) is 5.99. The van der Waals surface area contributed by atoms with Gasteiger partial charge in [0, 0.05) is 12.8 Å². The van der Waals surface area contributed by atoms with Gasteiger partial charge in [0.2, 0.25) is 0 Å². The molecule has 1 unspecified atom stereocenters. The molecule has 0 aromatic heterocycles. The van der Waals surface area contributed by atoms with E-state index in [1.165, 1.54) is 11.1 Å². The second kappa shape index (κ2) is 7.73. The largest absolute Gasteiger partial charge is 0.458 e. The molecule has 23 heavy (non-hydrogen) atoms. The van der Waals surface area contributed by atoms with Gasteiger partial charge in [-0.25, -0.2) is 4.79 Å². The first-order chi connectivity index (χ1) is 10.8. The minimum absolute atomic E-state index is 0.0143. The van der Waals surface area contributed by atoms with Crippen LogP contribution in [0.5, 0.6) is 0 Å². The van der Waals surface area contributed by atoms with Crippen molar-refractivity contribution in [3.05, 3.63) is 35.4 Å². The molecule has 0 spiro atoms. The van der Waals surface area contributed by atoms with E-state index in [0.717, 1.165) is 12.8 Å². The third-order valence-corrected chi connectivity index (χ3v) is 3.87. The second-order valence-electron chi connectivity index (χ2n) is 7.11. The zero-order valence-electron chi connectivity index (χ0n) is 14.3. The van der Waals surface area contributed by atoms with Gasteiger partial charge >= 0.3 is 5.97 Å². The maximum Gasteiger partial charge on any atom is 0.332 e. The van der Waals surface area contributed by atoms with Gasteiger partial charge in [-0.3, -0.25) is 4.79 Å². The lowest BCUT2D eigenvalue weighted by Gasteiger charge is -2.19. The normalized spacial score (nSPS) is 18.2. The van der Waals surface area contributed by atoms with Gasteiger partial charge in [0.1, 0.15) is 18.0 Å². The van der Waals surface area contributed by atoms with Gasteiger partial charge in [-0.05, 0) is 50.7 Å². The molecule has 0 radical (unpaired) electrons. The lowest BCUT2D eigenvalue weighted by molar-refractivity contribution is -0.160. The van der Waals surface area contributed by atoms with E-state index >= 15 is 0 Å². The molecule has 0 N–H and O–H groups in total. The van der Waals surface area contributed by atoms with E-state index in [2.05, 4.69) is 24.3 Å². The van der Waals surface area contributed by atoms with Crippen molar-refractivity contribution in [3.63, 3.8) is 0 Å². The molecule has 0 amide bonds. The minimum Gasteiger partial charge on any atom is -0.458 e. The van der Waals surface area contributed by atoms with Crippen LogP contribution in [0.1, 0.15) is 57.1 Å². The predicted molar refractivity (Wildman–Crippen MR) is 88.4 cm³/mol. The average Bonchev–Trinajstić information content (AvgIpc) is 2.89. The van der Waals surface area contributed by atoms with E-state index < -0.39 is 5.60 Å². The number of esters is 1. The van der Waals surface area contributed by atoms with Gasteiger partial charge in [0.15, 0.2) is 0 Å². The number of ketones is 1. The summed E-state index contributed by atoms with van der Waals surface area (Å²) in [6.07, 6.45) is 3.12. The Hall–Kier alpha value is -1.68. The van der Waals surface area contributed by atoms with E-state index in [-0.39, 0.29) is 12.6 Å². The first-order valence-corrected chi connectivity index (χ1v) is 8.23. The van der Waals surface area contributed by atoms with Crippen molar-refractivity contribution in [2.75, 3.05) is 13.2 Å². The van der Waals surface area contributed by atoms with Gasteiger partial charge in [-0.1, -0.05) is 24.3 Å². The van der Waals surface area contributed by atoms with Crippen molar-refractivity contribution in [3.8, 4) is 0 Å². The number of rotatable bonds is 6. The van der Waals surface area contributed by atoms with Crippen LogP contribution in [-0.2, 0) is 25.5 Å². The van der Waals surface area contributed by atoms with E-state index in [0.29, 0.717) is 31.1 Å². The molecule has 1 aliphatic carbocycles. The van der Waals surface area contributed by atoms with Crippen molar-refractivity contribution in [1.29, 1.82) is 0 Å². The molecule has 2 rings (SSSR count). The lowest BCUT2D eigenvalue weighted by atomic mass is 9.96. The van der Waals surface area contributed by atoms with Crippen LogP contribution in [0, 0.1) is 0 Å². The molecule has 1 aromatic rings. The number of Topliss-reactive ketones (excluding diaryl/α,β-unsaturated/α-hetero) is 1. The highest BCUT2D eigenvalue weighted by atomic mass is 16.6. The topological polar surface area (TPSA) is 52.6 Å². The summed E-state index contributed by atoms with van der Waals surface area (Å²) < 4.78 is 10.6. The third-order valence-electron chi connectivity index (χ3n) is 3.87. The van der Waals surface area contributed by atoms with Crippen LogP contribution in [0.25, 0.3) is 0 Å². The first-order valence-electron chi connectivity index (χ1n) is 8.23. The Labute approximate surface area is 138 Å². The number of carbonyl (C=O) groups excluding carboxylic acids is 2. The van der Waals surface area contributed by atoms with Crippen LogP contribution in [0.2, 0.25) is 0 Å². The van der Waals surface area contributed by atoms with E-state index in [4.69, 9.17) is 9.47 Å². The molecule has 0 aliphatic heterocycles. The standard InChI is InChI=1S/C19H26O4/c1-19(2,3)23-18(21)13-22-11-10-14-4-6-15(7-5-14)16-8-9-17(20)12-16/h4-7,16H,8-13H2,1-3H3. The number of hydrogen-bond donors (Lipinski definition) is 0. The quantitative estimate of drug-likeness (QED) is 0.596. The Balaban J connectivity index is 1.70. The smallest absolute Gasteiger partial charge is 0.332 e. The zero-order chi connectivity index (χ0) is 16.9. The Morgan fingerprint density at radius 1 is 1.22 bits per heavy atom. The molecule has 4 nitrogen and oxygen atoms in total. The number of hydrogen-bond acceptors (Lipinski definition) is 4. The fraction of sp³-hybridized carbons (Fsp3) is 0.579. The van der Waals surface area contributed by atoms with Crippen LogP contribution in [-0.4, -0.2) is 30.6 Å². The minimum atomic E-state index is -0.474. The average molecular weight is 318 g/mol. The highest BCUT2D eigenvalue weighted by molar-refractivity contribution is 5.81. The van der Waals surface area contributed by atoms with Gasteiger partial charge in [0.25, 0.3) is 0 Å². The highest BCUT2D eigenvalue weighted by Crippen LogP contribution is 2.31. The lowest BCUT2D eigenvalue weighted by Crippen LogP contribution is -2.26. The van der Waals surface area contributed by atoms with E-state index in [9.17, 15) is 9.59 Å². The van der Waals surface area contributed by atoms with Crippen LogP contribution in [0.4, 0.5) is 0 Å². The molecule has 1 atom stereocenters. The predicted octanol–water partition coefficient (Wildman–Crippen LogP) is 3.42. The van der Waals surface area contributed by atoms with Crippen LogP contribution >= 0.6 is 0 Å². The van der Waals surface area contributed by atoms with Gasteiger partial charge < -0.3 is 9.47 Å². The van der Waals surface area contributed by atoms with Crippen molar-refractivity contribution in [2.24, 2.45) is 0 Å². The molecule has 1 aromatic carbocycles. The van der Waals surface area contributed by atoms with E-state index in [1.807, 2.05) is 20.8 Å². The molecular weight excluding hydrogens is 292 g/mol. The summed E-state index contributed by atoms with van der Waals surface area (Å²) in [4.78, 5) is 22.9. The van der Waals surface area contributed by atoms with Crippen molar-refractivity contribution >= 4 is 11.8 Å². The summed E-state index contributed by atoms with van der Waals surface area (Å²) in [5.74, 6) is 0.424. The number of benzene rings is 1. The Bertz CT molecular complexity index is 539. The molecule has 4 heteroatoms. The molecule has 0 saturated heterocycles. The molecular formula is C19H26O4. The Kier molecular flexibility index (Phi) is 5.94. The van der Waals surface area contributed by atoms with Gasteiger partial charge in [-0.2, -0.15) is 0 Å². The molecule has 1 fully saturated rings. The number of ether oxygens (including phenoxy) is 2. The SMILES string of the molecule is CC(C)(C)OC(=O)COCCc1ccc(C2CCC(=O)C2)cc1. The zero-order valence-corrected chi connectivity index (χ0v) is 14.3. The van der Waals surface area contributed by atoms with Crippen molar-refractivity contribution in [2.45, 2.75) is 58.0 Å². The van der Waals surface area contributed by atoms with E-state index in [1.54, 1.807) is 0 Å². The monoisotopic (exact) mass is 318 g/mol. The molecule has 1 saturated carbocycles. The fourth-order valence-electron chi connectivity index (χ4n) is 2.77. The molecule has 0 bridgehead atoms. The van der Waals surface area contributed by atoms with Crippen molar-refractivity contribution in [1.82, 2.24) is 0 Å². The summed E-state index contributed by atoms with van der Waals surface area (Å²) >= 11 is 0. The summed E-state index contributed by atoms with van der Waals surface area (Å²) in [6, 6.07) is 8.36. The summed E-state index contributed by atoms with van der Waals surface area (Å²) in [7, 11) is 0. The second-order valence-corrected chi connectivity index (χ2v) is 7.11. The first kappa shape index (κ1) is 17.7. The molecule has 0 heterocycles. The summed E-state index contributed by atoms with van der Waals surface area (Å²) in [5.41, 5.74) is 1.94. The van der Waals surface area contributed by atoms with Gasteiger partial charge in [-0.15, -0.1) is 0 Å². The van der Waals surface area contributed by atoms with Crippen LogP contribution < -0.4 is 0 Å².